The molecule has 1 atom stereocenters. The molecule has 0 bridgehead atoms. The van der Waals surface area contributed by atoms with Crippen molar-refractivity contribution in [1.29, 1.82) is 0 Å². The molecular formula is C21H32N4O. The van der Waals surface area contributed by atoms with Crippen LogP contribution in [0.2, 0.25) is 0 Å². The molecule has 3 aliphatic rings. The van der Waals surface area contributed by atoms with Gasteiger partial charge in [-0.25, -0.2) is 4.98 Å². The third kappa shape index (κ3) is 3.73. The lowest BCUT2D eigenvalue weighted by molar-refractivity contribution is -0.137. The van der Waals surface area contributed by atoms with E-state index in [1.807, 2.05) is 12.3 Å². The zero-order chi connectivity index (χ0) is 17.9. The minimum absolute atomic E-state index is 0.203. The Morgan fingerprint density at radius 2 is 1.85 bits per heavy atom. The number of hydrogen-bond donors (Lipinski definition) is 0. The van der Waals surface area contributed by atoms with E-state index in [9.17, 15) is 4.79 Å². The SMILES string of the molecule is Cc1cccnc1N1CCC(C(=O)N2CCC[C@H]2CN2CCCC2)CC1. The van der Waals surface area contributed by atoms with E-state index >= 15 is 0 Å². The van der Waals surface area contributed by atoms with Crippen LogP contribution in [-0.2, 0) is 4.79 Å². The third-order valence-corrected chi connectivity index (χ3v) is 6.45. The quantitative estimate of drug-likeness (QED) is 0.832. The maximum Gasteiger partial charge on any atom is 0.226 e. The molecule has 26 heavy (non-hydrogen) atoms. The average Bonchev–Trinajstić information content (AvgIpc) is 3.34. The predicted molar refractivity (Wildman–Crippen MR) is 104 cm³/mol. The molecule has 0 spiro atoms. The average molecular weight is 357 g/mol. The van der Waals surface area contributed by atoms with E-state index in [0.717, 1.165) is 44.8 Å². The fourth-order valence-corrected chi connectivity index (χ4v) is 4.96. The number of rotatable bonds is 4. The highest BCUT2D eigenvalue weighted by Crippen LogP contribution is 2.28. The normalized spacial score (nSPS) is 25.2. The van der Waals surface area contributed by atoms with Crippen molar-refractivity contribution < 1.29 is 4.79 Å². The van der Waals surface area contributed by atoms with E-state index in [2.05, 4.69) is 32.7 Å². The molecule has 0 aliphatic carbocycles. The van der Waals surface area contributed by atoms with Crippen molar-refractivity contribution in [3.63, 3.8) is 0 Å². The number of piperidine rings is 1. The second-order valence-electron chi connectivity index (χ2n) is 8.24. The molecule has 1 amide bonds. The van der Waals surface area contributed by atoms with E-state index in [1.165, 1.54) is 44.3 Å². The van der Waals surface area contributed by atoms with E-state index in [-0.39, 0.29) is 5.92 Å². The fourth-order valence-electron chi connectivity index (χ4n) is 4.96. The largest absolute Gasteiger partial charge is 0.356 e. The number of pyridine rings is 1. The molecule has 3 fully saturated rings. The van der Waals surface area contributed by atoms with Crippen molar-refractivity contribution in [1.82, 2.24) is 14.8 Å². The monoisotopic (exact) mass is 356 g/mol. The first-order valence-electron chi connectivity index (χ1n) is 10.4. The van der Waals surface area contributed by atoms with Gasteiger partial charge >= 0.3 is 0 Å². The number of amides is 1. The molecule has 1 aromatic heterocycles. The van der Waals surface area contributed by atoms with Crippen LogP contribution < -0.4 is 4.90 Å². The Morgan fingerprint density at radius 1 is 1.08 bits per heavy atom. The molecule has 3 saturated heterocycles. The molecule has 1 aromatic rings. The molecule has 0 aromatic carbocycles. The number of carbonyl (C=O) groups excluding carboxylic acids is 1. The van der Waals surface area contributed by atoms with Gasteiger partial charge in [-0.3, -0.25) is 4.79 Å². The Hall–Kier alpha value is -1.62. The molecule has 5 nitrogen and oxygen atoms in total. The number of likely N-dealkylation sites (tertiary alicyclic amines) is 2. The summed E-state index contributed by atoms with van der Waals surface area (Å²) in [5.74, 6) is 1.71. The van der Waals surface area contributed by atoms with Crippen molar-refractivity contribution in [2.45, 2.75) is 51.5 Å². The van der Waals surface area contributed by atoms with Gasteiger partial charge in [0.25, 0.3) is 0 Å². The van der Waals surface area contributed by atoms with Gasteiger partial charge in [0, 0.05) is 44.3 Å². The fraction of sp³-hybridized carbons (Fsp3) is 0.714. The minimum atomic E-state index is 0.203. The van der Waals surface area contributed by atoms with Crippen LogP contribution >= 0.6 is 0 Å². The summed E-state index contributed by atoms with van der Waals surface area (Å²) in [5.41, 5.74) is 1.22. The van der Waals surface area contributed by atoms with Crippen molar-refractivity contribution in [3.05, 3.63) is 23.9 Å². The van der Waals surface area contributed by atoms with E-state index in [1.54, 1.807) is 0 Å². The standard InChI is InChI=1S/C21H32N4O/c1-17-6-4-10-22-20(17)24-14-8-18(9-15-24)21(26)25-13-5-7-19(25)16-23-11-2-3-12-23/h4,6,10,18-19H,2-3,5,7-9,11-16H2,1H3/t19-/m0/s1. The van der Waals surface area contributed by atoms with E-state index in [4.69, 9.17) is 0 Å². The number of nitrogens with zero attached hydrogens (tertiary/aromatic N) is 4. The number of carbonyl (C=O) groups is 1. The number of aryl methyl sites for hydroxylation is 1. The first kappa shape index (κ1) is 17.8. The highest BCUT2D eigenvalue weighted by molar-refractivity contribution is 5.80. The summed E-state index contributed by atoms with van der Waals surface area (Å²) in [4.78, 5) is 24.8. The molecule has 5 heteroatoms. The summed E-state index contributed by atoms with van der Waals surface area (Å²) >= 11 is 0. The Labute approximate surface area is 157 Å². The Morgan fingerprint density at radius 3 is 2.58 bits per heavy atom. The lowest BCUT2D eigenvalue weighted by Crippen LogP contribution is -2.47. The zero-order valence-electron chi connectivity index (χ0n) is 16.1. The van der Waals surface area contributed by atoms with Crippen molar-refractivity contribution in [2.75, 3.05) is 44.2 Å². The summed E-state index contributed by atoms with van der Waals surface area (Å²) in [6.07, 6.45) is 8.80. The van der Waals surface area contributed by atoms with Crippen LogP contribution in [0.4, 0.5) is 5.82 Å². The van der Waals surface area contributed by atoms with Crippen molar-refractivity contribution >= 4 is 11.7 Å². The number of aromatic nitrogens is 1. The Kier molecular flexibility index (Phi) is 5.44. The summed E-state index contributed by atoms with van der Waals surface area (Å²) in [6.45, 7) is 8.51. The van der Waals surface area contributed by atoms with Gasteiger partial charge in [0.15, 0.2) is 0 Å². The first-order valence-corrected chi connectivity index (χ1v) is 10.4. The molecule has 3 aliphatic heterocycles. The summed E-state index contributed by atoms with van der Waals surface area (Å²) in [5, 5.41) is 0. The number of hydrogen-bond acceptors (Lipinski definition) is 4. The van der Waals surface area contributed by atoms with Crippen LogP contribution in [0.5, 0.6) is 0 Å². The van der Waals surface area contributed by atoms with Crippen LogP contribution in [-0.4, -0.2) is 66.0 Å². The van der Waals surface area contributed by atoms with Gasteiger partial charge in [-0.2, -0.15) is 0 Å². The van der Waals surface area contributed by atoms with Gasteiger partial charge in [-0.15, -0.1) is 0 Å². The van der Waals surface area contributed by atoms with Gasteiger partial charge in [0.1, 0.15) is 5.82 Å². The van der Waals surface area contributed by atoms with Gasteiger partial charge in [0.2, 0.25) is 5.91 Å². The Bertz CT molecular complexity index is 620. The molecule has 4 rings (SSSR count). The van der Waals surface area contributed by atoms with Gasteiger partial charge in [-0.1, -0.05) is 6.07 Å². The Balaban J connectivity index is 1.33. The molecule has 0 saturated carbocycles. The third-order valence-electron chi connectivity index (χ3n) is 6.45. The van der Waals surface area contributed by atoms with Crippen LogP contribution in [0.15, 0.2) is 18.3 Å². The second kappa shape index (κ2) is 7.95. The van der Waals surface area contributed by atoms with Crippen LogP contribution in [0, 0.1) is 12.8 Å². The lowest BCUT2D eigenvalue weighted by Gasteiger charge is -2.36. The predicted octanol–water partition coefficient (Wildman–Crippen LogP) is 2.69. The minimum Gasteiger partial charge on any atom is -0.356 e. The summed E-state index contributed by atoms with van der Waals surface area (Å²) in [6, 6.07) is 4.56. The molecule has 4 heterocycles. The maximum absolute atomic E-state index is 13.2. The van der Waals surface area contributed by atoms with Crippen LogP contribution in [0.3, 0.4) is 0 Å². The van der Waals surface area contributed by atoms with Crippen molar-refractivity contribution in [3.8, 4) is 0 Å². The summed E-state index contributed by atoms with van der Waals surface area (Å²) < 4.78 is 0. The molecule has 142 valence electrons. The molecule has 0 radical (unpaired) electrons. The topological polar surface area (TPSA) is 39.7 Å². The molecule has 0 unspecified atom stereocenters. The second-order valence-corrected chi connectivity index (χ2v) is 8.24. The van der Waals surface area contributed by atoms with Crippen LogP contribution in [0.25, 0.3) is 0 Å². The highest BCUT2D eigenvalue weighted by Gasteiger charge is 2.35. The first-order chi connectivity index (χ1) is 12.7. The van der Waals surface area contributed by atoms with Gasteiger partial charge in [-0.05, 0) is 70.2 Å². The van der Waals surface area contributed by atoms with E-state index in [0.29, 0.717) is 11.9 Å². The lowest BCUT2D eigenvalue weighted by atomic mass is 9.94. The summed E-state index contributed by atoms with van der Waals surface area (Å²) in [7, 11) is 0. The van der Waals surface area contributed by atoms with Gasteiger partial charge < -0.3 is 14.7 Å². The molecule has 0 N–H and O–H groups in total. The van der Waals surface area contributed by atoms with Crippen LogP contribution in [0.1, 0.15) is 44.1 Å². The molecular weight excluding hydrogens is 324 g/mol. The van der Waals surface area contributed by atoms with Crippen molar-refractivity contribution in [2.24, 2.45) is 5.92 Å². The maximum atomic E-state index is 13.2. The number of anilines is 1. The van der Waals surface area contributed by atoms with Gasteiger partial charge in [0.05, 0.1) is 0 Å². The van der Waals surface area contributed by atoms with E-state index < -0.39 is 0 Å². The zero-order valence-corrected chi connectivity index (χ0v) is 16.1. The smallest absolute Gasteiger partial charge is 0.226 e. The highest BCUT2D eigenvalue weighted by atomic mass is 16.2.